The average Bonchev–Trinajstić information content (AvgIpc) is 2.73. The number of hydrogen-bond acceptors (Lipinski definition) is 3. The lowest BCUT2D eigenvalue weighted by Crippen LogP contribution is -2.14. The SMILES string of the molecule is Cc1ccc(S(=O)(=O)Nc2ccc3nc(C)c(C)n3c2)c(C)c1. The zero-order valence-electron chi connectivity index (χ0n) is 13.6. The minimum atomic E-state index is -3.62. The predicted octanol–water partition coefficient (Wildman–Crippen LogP) is 3.37. The molecular weight excluding hydrogens is 310 g/mol. The second-order valence-electron chi connectivity index (χ2n) is 5.80. The van der Waals surface area contributed by atoms with Crippen molar-refractivity contribution in [2.45, 2.75) is 32.6 Å². The Morgan fingerprint density at radius 1 is 1.04 bits per heavy atom. The van der Waals surface area contributed by atoms with E-state index < -0.39 is 10.0 Å². The first-order valence-electron chi connectivity index (χ1n) is 7.33. The molecule has 2 heterocycles. The Morgan fingerprint density at radius 3 is 2.48 bits per heavy atom. The zero-order valence-corrected chi connectivity index (χ0v) is 14.4. The van der Waals surface area contributed by atoms with Gasteiger partial charge >= 0.3 is 0 Å². The minimum absolute atomic E-state index is 0.293. The summed E-state index contributed by atoms with van der Waals surface area (Å²) in [7, 11) is -3.62. The lowest BCUT2D eigenvalue weighted by Gasteiger charge is -2.11. The van der Waals surface area contributed by atoms with Crippen LogP contribution in [0.25, 0.3) is 5.65 Å². The van der Waals surface area contributed by atoms with Crippen molar-refractivity contribution < 1.29 is 8.42 Å². The number of imidazole rings is 1. The fraction of sp³-hybridized carbons (Fsp3) is 0.235. The number of nitrogens with one attached hydrogen (secondary N) is 1. The number of fused-ring (bicyclic) bond motifs is 1. The molecule has 23 heavy (non-hydrogen) atoms. The molecule has 3 rings (SSSR count). The third-order valence-corrected chi connectivity index (χ3v) is 5.51. The highest BCUT2D eigenvalue weighted by atomic mass is 32.2. The van der Waals surface area contributed by atoms with E-state index in [4.69, 9.17) is 0 Å². The maximum Gasteiger partial charge on any atom is 0.262 e. The van der Waals surface area contributed by atoms with Gasteiger partial charge in [0.2, 0.25) is 0 Å². The predicted molar refractivity (Wildman–Crippen MR) is 91.4 cm³/mol. The molecule has 0 aliphatic rings. The smallest absolute Gasteiger partial charge is 0.262 e. The molecule has 0 unspecified atom stereocenters. The Hall–Kier alpha value is -2.34. The quantitative estimate of drug-likeness (QED) is 0.801. The van der Waals surface area contributed by atoms with E-state index in [1.165, 1.54) is 0 Å². The molecule has 0 saturated heterocycles. The van der Waals surface area contributed by atoms with Crippen LogP contribution in [0.5, 0.6) is 0 Å². The molecule has 1 aromatic carbocycles. The van der Waals surface area contributed by atoms with Crippen molar-refractivity contribution in [1.29, 1.82) is 0 Å². The molecule has 0 aliphatic carbocycles. The maximum atomic E-state index is 12.6. The lowest BCUT2D eigenvalue weighted by molar-refractivity contribution is 0.600. The van der Waals surface area contributed by atoms with Gasteiger partial charge in [0.25, 0.3) is 10.0 Å². The van der Waals surface area contributed by atoms with Crippen molar-refractivity contribution >= 4 is 21.4 Å². The van der Waals surface area contributed by atoms with E-state index in [1.807, 2.05) is 31.2 Å². The summed E-state index contributed by atoms with van der Waals surface area (Å²) in [5.74, 6) is 0. The van der Waals surface area contributed by atoms with Gasteiger partial charge in [0.1, 0.15) is 5.65 Å². The molecule has 5 nitrogen and oxygen atoms in total. The van der Waals surface area contributed by atoms with Crippen molar-refractivity contribution in [1.82, 2.24) is 9.38 Å². The van der Waals surface area contributed by atoms with Crippen LogP contribution < -0.4 is 4.72 Å². The zero-order chi connectivity index (χ0) is 16.8. The van der Waals surface area contributed by atoms with Crippen LogP contribution >= 0.6 is 0 Å². The maximum absolute atomic E-state index is 12.6. The molecule has 0 saturated carbocycles. The summed E-state index contributed by atoms with van der Waals surface area (Å²) < 4.78 is 29.8. The van der Waals surface area contributed by atoms with Gasteiger partial charge in [-0.1, -0.05) is 17.7 Å². The van der Waals surface area contributed by atoms with E-state index in [2.05, 4.69) is 9.71 Å². The Kier molecular flexibility index (Phi) is 3.64. The summed E-state index contributed by atoms with van der Waals surface area (Å²) in [6.45, 7) is 7.63. The summed E-state index contributed by atoms with van der Waals surface area (Å²) in [6, 6.07) is 8.83. The number of aryl methyl sites for hydroxylation is 4. The van der Waals surface area contributed by atoms with Gasteiger partial charge in [0.05, 0.1) is 16.3 Å². The fourth-order valence-corrected chi connectivity index (χ4v) is 3.92. The van der Waals surface area contributed by atoms with Gasteiger partial charge < -0.3 is 4.40 Å². The van der Waals surface area contributed by atoms with Gasteiger partial charge in [0.15, 0.2) is 0 Å². The highest BCUT2D eigenvalue weighted by molar-refractivity contribution is 7.92. The molecule has 0 spiro atoms. The molecule has 1 N–H and O–H groups in total. The van der Waals surface area contributed by atoms with Gasteiger partial charge in [-0.3, -0.25) is 4.72 Å². The van der Waals surface area contributed by atoms with Crippen molar-refractivity contribution in [3.8, 4) is 0 Å². The summed E-state index contributed by atoms with van der Waals surface area (Å²) in [6.07, 6.45) is 1.76. The standard InChI is InChI=1S/C17H19N3O2S/c1-11-5-7-16(12(2)9-11)23(21,22)19-15-6-8-17-18-13(3)14(4)20(17)10-15/h5-10,19H,1-4H3. The van der Waals surface area contributed by atoms with Crippen LogP contribution in [0.15, 0.2) is 41.4 Å². The van der Waals surface area contributed by atoms with Gasteiger partial charge in [-0.2, -0.15) is 0 Å². The van der Waals surface area contributed by atoms with Crippen molar-refractivity contribution in [2.24, 2.45) is 0 Å². The largest absolute Gasteiger partial charge is 0.302 e. The molecule has 0 bridgehead atoms. The third-order valence-electron chi connectivity index (χ3n) is 3.97. The monoisotopic (exact) mass is 329 g/mol. The van der Waals surface area contributed by atoms with E-state index in [0.29, 0.717) is 10.6 Å². The van der Waals surface area contributed by atoms with E-state index in [0.717, 1.165) is 28.2 Å². The number of benzene rings is 1. The molecular formula is C17H19N3O2S. The molecule has 0 fully saturated rings. The minimum Gasteiger partial charge on any atom is -0.302 e. The van der Waals surface area contributed by atoms with Crippen LogP contribution in [0.3, 0.4) is 0 Å². The Bertz CT molecular complexity index is 1000. The van der Waals surface area contributed by atoms with Gasteiger partial charge in [-0.05, 0) is 51.5 Å². The topological polar surface area (TPSA) is 63.5 Å². The molecule has 0 aliphatic heterocycles. The molecule has 0 atom stereocenters. The van der Waals surface area contributed by atoms with Crippen LogP contribution in [-0.2, 0) is 10.0 Å². The van der Waals surface area contributed by atoms with E-state index in [9.17, 15) is 8.42 Å². The third kappa shape index (κ3) is 2.82. The number of nitrogens with zero attached hydrogens (tertiary/aromatic N) is 2. The second kappa shape index (κ2) is 5.38. The first kappa shape index (κ1) is 15.6. The molecule has 3 aromatic rings. The summed E-state index contributed by atoms with van der Waals surface area (Å²) in [5.41, 5.74) is 5.00. The highest BCUT2D eigenvalue weighted by Crippen LogP contribution is 2.21. The Balaban J connectivity index is 2.01. The fourth-order valence-electron chi connectivity index (χ4n) is 2.65. The lowest BCUT2D eigenvalue weighted by atomic mass is 10.2. The van der Waals surface area contributed by atoms with Crippen LogP contribution in [-0.4, -0.2) is 17.8 Å². The highest BCUT2D eigenvalue weighted by Gasteiger charge is 2.17. The number of anilines is 1. The van der Waals surface area contributed by atoms with Crippen LogP contribution in [0.1, 0.15) is 22.5 Å². The van der Waals surface area contributed by atoms with Gasteiger partial charge in [-0.25, -0.2) is 13.4 Å². The molecule has 120 valence electrons. The van der Waals surface area contributed by atoms with Crippen molar-refractivity contribution in [2.75, 3.05) is 4.72 Å². The average molecular weight is 329 g/mol. The van der Waals surface area contributed by atoms with Crippen LogP contribution in [0.2, 0.25) is 0 Å². The van der Waals surface area contributed by atoms with Crippen molar-refractivity contribution in [3.05, 3.63) is 59.0 Å². The number of hydrogen-bond donors (Lipinski definition) is 1. The summed E-state index contributed by atoms with van der Waals surface area (Å²) in [4.78, 5) is 4.71. The van der Waals surface area contributed by atoms with E-state index in [-0.39, 0.29) is 0 Å². The van der Waals surface area contributed by atoms with Crippen LogP contribution in [0, 0.1) is 27.7 Å². The van der Waals surface area contributed by atoms with Gasteiger partial charge in [-0.15, -0.1) is 0 Å². The molecule has 2 aromatic heterocycles. The number of pyridine rings is 1. The Morgan fingerprint density at radius 2 is 1.78 bits per heavy atom. The Labute approximate surface area is 136 Å². The first-order chi connectivity index (χ1) is 10.8. The molecule has 0 radical (unpaired) electrons. The molecule has 6 heteroatoms. The molecule has 0 amide bonds. The van der Waals surface area contributed by atoms with E-state index in [1.54, 1.807) is 37.4 Å². The first-order valence-corrected chi connectivity index (χ1v) is 8.81. The number of aromatic nitrogens is 2. The van der Waals surface area contributed by atoms with Crippen LogP contribution in [0.4, 0.5) is 5.69 Å². The van der Waals surface area contributed by atoms with E-state index >= 15 is 0 Å². The van der Waals surface area contributed by atoms with Gasteiger partial charge in [0, 0.05) is 11.9 Å². The summed E-state index contributed by atoms with van der Waals surface area (Å²) in [5, 5.41) is 0. The second-order valence-corrected chi connectivity index (χ2v) is 7.45. The summed E-state index contributed by atoms with van der Waals surface area (Å²) >= 11 is 0. The normalized spacial score (nSPS) is 11.8. The number of rotatable bonds is 3. The van der Waals surface area contributed by atoms with Crippen molar-refractivity contribution in [3.63, 3.8) is 0 Å². The number of sulfonamides is 1.